The molecule has 0 unspecified atom stereocenters. The van der Waals surface area contributed by atoms with E-state index in [1.165, 1.54) is 89.9 Å². The van der Waals surface area contributed by atoms with Gasteiger partial charge in [0, 0.05) is 18.3 Å². The molecule has 0 bridgehead atoms. The fraction of sp³-hybridized carbons (Fsp3) is 0.970. The van der Waals surface area contributed by atoms with E-state index < -0.39 is 11.6 Å². The van der Waals surface area contributed by atoms with Crippen LogP contribution in [0.25, 0.3) is 0 Å². The summed E-state index contributed by atoms with van der Waals surface area (Å²) in [5.41, 5.74) is 5.29. The second kappa shape index (κ2) is 18.8. The Balaban J connectivity index is 0.000000633. The molecule has 2 saturated heterocycles. The highest BCUT2D eigenvalue weighted by molar-refractivity contribution is 5.79. The standard InChI is InChI=1S/C26H50O3.C7H15NO2/c1-5-6-7-8-9-10-11-12-13-14-15-16-17-18-19-20-24(27)21-26(4)22-28-25(2,3)29-23-26;1-6(2)9-4-7(3,8)5-10-6/h5-23H2,1-4H3;4-5,8H2,1-3H3. The average molecular weight is 556 g/mol. The van der Waals surface area contributed by atoms with Gasteiger partial charge in [-0.2, -0.15) is 0 Å². The molecule has 0 saturated carbocycles. The van der Waals surface area contributed by atoms with E-state index in [-0.39, 0.29) is 11.0 Å². The molecule has 2 fully saturated rings. The lowest BCUT2D eigenvalue weighted by Gasteiger charge is -2.41. The van der Waals surface area contributed by atoms with Crippen LogP contribution in [0, 0.1) is 5.41 Å². The molecule has 6 heteroatoms. The Morgan fingerprint density at radius 2 is 0.897 bits per heavy atom. The summed E-state index contributed by atoms with van der Waals surface area (Å²) in [6.07, 6.45) is 21.7. The van der Waals surface area contributed by atoms with E-state index in [9.17, 15) is 4.79 Å². The minimum Gasteiger partial charge on any atom is -0.350 e. The van der Waals surface area contributed by atoms with Gasteiger partial charge in [-0.05, 0) is 41.0 Å². The second-order valence-corrected chi connectivity index (χ2v) is 13.8. The molecule has 0 amide bonds. The molecular formula is C33H65NO5. The quantitative estimate of drug-likeness (QED) is 0.171. The van der Waals surface area contributed by atoms with Crippen molar-refractivity contribution < 1.29 is 23.7 Å². The van der Waals surface area contributed by atoms with Gasteiger partial charge in [0.15, 0.2) is 11.6 Å². The van der Waals surface area contributed by atoms with E-state index in [2.05, 4.69) is 13.8 Å². The highest BCUT2D eigenvalue weighted by atomic mass is 16.7. The third-order valence-corrected chi connectivity index (χ3v) is 7.72. The normalized spacial score (nSPS) is 21.1. The molecule has 0 spiro atoms. The SMILES string of the molecule is CC1(N)COC(C)(C)OC1.CCCCCCCCCCCCCCCCCC(=O)CC1(C)COC(C)(C)OC1. The number of hydrogen-bond acceptors (Lipinski definition) is 6. The summed E-state index contributed by atoms with van der Waals surface area (Å²) in [4.78, 5) is 12.3. The Bertz CT molecular complexity index is 608. The van der Waals surface area contributed by atoms with E-state index in [1.54, 1.807) is 0 Å². The maximum Gasteiger partial charge on any atom is 0.162 e. The van der Waals surface area contributed by atoms with Crippen molar-refractivity contribution in [1.82, 2.24) is 0 Å². The van der Waals surface area contributed by atoms with Crippen molar-refractivity contribution in [2.45, 2.75) is 175 Å². The number of ether oxygens (including phenoxy) is 4. The van der Waals surface area contributed by atoms with Crippen LogP contribution in [-0.2, 0) is 23.7 Å². The summed E-state index contributed by atoms with van der Waals surface area (Å²) in [5, 5.41) is 0. The molecule has 0 aromatic rings. The molecule has 0 aliphatic carbocycles. The Morgan fingerprint density at radius 1 is 0.564 bits per heavy atom. The lowest BCUT2D eigenvalue weighted by Crippen LogP contribution is -2.54. The van der Waals surface area contributed by atoms with Gasteiger partial charge < -0.3 is 24.7 Å². The molecule has 2 heterocycles. The minimum absolute atomic E-state index is 0.151. The Kier molecular flexibility index (Phi) is 17.6. The number of hydrogen-bond donors (Lipinski definition) is 1. The monoisotopic (exact) mass is 555 g/mol. The Morgan fingerprint density at radius 3 is 1.26 bits per heavy atom. The summed E-state index contributed by atoms with van der Waals surface area (Å²) in [6.45, 7) is 16.3. The van der Waals surface area contributed by atoms with Gasteiger partial charge in [-0.1, -0.05) is 104 Å². The fourth-order valence-electron chi connectivity index (χ4n) is 4.90. The van der Waals surface area contributed by atoms with Crippen LogP contribution in [-0.4, -0.2) is 49.3 Å². The topological polar surface area (TPSA) is 80.0 Å². The highest BCUT2D eigenvalue weighted by Crippen LogP contribution is 2.33. The summed E-state index contributed by atoms with van der Waals surface area (Å²) in [6, 6.07) is 0. The first kappa shape index (κ1) is 36.5. The molecule has 232 valence electrons. The molecule has 2 N–H and O–H groups in total. The van der Waals surface area contributed by atoms with Crippen LogP contribution in [0.4, 0.5) is 0 Å². The Labute approximate surface area is 241 Å². The van der Waals surface area contributed by atoms with Crippen LogP contribution >= 0.6 is 0 Å². The van der Waals surface area contributed by atoms with Gasteiger partial charge >= 0.3 is 0 Å². The van der Waals surface area contributed by atoms with Gasteiger partial charge in [0.2, 0.25) is 0 Å². The molecule has 0 radical (unpaired) electrons. The van der Waals surface area contributed by atoms with Crippen LogP contribution < -0.4 is 5.73 Å². The molecule has 39 heavy (non-hydrogen) atoms. The summed E-state index contributed by atoms with van der Waals surface area (Å²) in [5.74, 6) is -0.579. The largest absolute Gasteiger partial charge is 0.350 e. The van der Waals surface area contributed by atoms with E-state index in [0.29, 0.717) is 38.6 Å². The van der Waals surface area contributed by atoms with Crippen LogP contribution in [0.1, 0.15) is 158 Å². The number of Topliss-reactive ketones (excluding diaryl/α,β-unsaturated/α-hetero) is 1. The van der Waals surface area contributed by atoms with Crippen molar-refractivity contribution in [3.05, 3.63) is 0 Å². The number of rotatable bonds is 18. The van der Waals surface area contributed by atoms with E-state index >= 15 is 0 Å². The predicted octanol–water partition coefficient (Wildman–Crippen LogP) is 8.48. The van der Waals surface area contributed by atoms with Crippen LogP contribution in [0.15, 0.2) is 0 Å². The van der Waals surface area contributed by atoms with Crippen molar-refractivity contribution in [2.24, 2.45) is 11.1 Å². The molecule has 0 aromatic heterocycles. The lowest BCUT2D eigenvalue weighted by atomic mass is 9.84. The van der Waals surface area contributed by atoms with Crippen molar-refractivity contribution in [2.75, 3.05) is 26.4 Å². The van der Waals surface area contributed by atoms with Crippen molar-refractivity contribution >= 4 is 5.78 Å². The van der Waals surface area contributed by atoms with Crippen LogP contribution in [0.2, 0.25) is 0 Å². The first-order valence-electron chi connectivity index (χ1n) is 16.1. The van der Waals surface area contributed by atoms with Crippen molar-refractivity contribution in [1.29, 1.82) is 0 Å². The maximum absolute atomic E-state index is 12.3. The van der Waals surface area contributed by atoms with Crippen molar-refractivity contribution in [3.63, 3.8) is 0 Å². The number of carbonyl (C=O) groups is 1. The van der Waals surface area contributed by atoms with Gasteiger partial charge in [-0.15, -0.1) is 0 Å². The zero-order valence-corrected chi connectivity index (χ0v) is 27.0. The molecule has 0 atom stereocenters. The van der Waals surface area contributed by atoms with Crippen LogP contribution in [0.3, 0.4) is 0 Å². The molecule has 2 rings (SSSR count). The smallest absolute Gasteiger partial charge is 0.162 e. The first-order chi connectivity index (χ1) is 18.3. The molecule has 2 aliphatic rings. The maximum atomic E-state index is 12.3. The predicted molar refractivity (Wildman–Crippen MR) is 162 cm³/mol. The molecule has 0 aromatic carbocycles. The third kappa shape index (κ3) is 19.3. The van der Waals surface area contributed by atoms with Gasteiger partial charge in [0.05, 0.1) is 32.0 Å². The van der Waals surface area contributed by atoms with Crippen molar-refractivity contribution in [3.8, 4) is 0 Å². The summed E-state index contributed by atoms with van der Waals surface area (Å²) >= 11 is 0. The Hall–Kier alpha value is -0.530. The third-order valence-electron chi connectivity index (χ3n) is 7.72. The zero-order chi connectivity index (χ0) is 29.3. The average Bonchev–Trinajstić information content (AvgIpc) is 2.86. The number of carbonyl (C=O) groups excluding carboxylic acids is 1. The fourth-order valence-corrected chi connectivity index (χ4v) is 4.90. The van der Waals surface area contributed by atoms with Crippen LogP contribution in [0.5, 0.6) is 0 Å². The molecular weight excluding hydrogens is 490 g/mol. The van der Waals surface area contributed by atoms with Gasteiger partial charge in [-0.25, -0.2) is 0 Å². The van der Waals surface area contributed by atoms with Gasteiger partial charge in [0.25, 0.3) is 0 Å². The molecule has 6 nitrogen and oxygen atoms in total. The van der Waals surface area contributed by atoms with Gasteiger partial charge in [0.1, 0.15) is 5.78 Å². The zero-order valence-electron chi connectivity index (χ0n) is 27.0. The highest BCUT2D eigenvalue weighted by Gasteiger charge is 2.37. The first-order valence-corrected chi connectivity index (χ1v) is 16.1. The number of ketones is 1. The van der Waals surface area contributed by atoms with Gasteiger partial charge in [-0.3, -0.25) is 4.79 Å². The van der Waals surface area contributed by atoms with E-state index in [4.69, 9.17) is 24.7 Å². The summed E-state index contributed by atoms with van der Waals surface area (Å²) < 4.78 is 22.1. The number of nitrogens with two attached hydrogens (primary N) is 1. The van der Waals surface area contributed by atoms with E-state index in [1.807, 2.05) is 34.6 Å². The number of unbranched alkanes of at least 4 members (excludes halogenated alkanes) is 14. The molecule has 2 aliphatic heterocycles. The minimum atomic E-state index is -0.503. The van der Waals surface area contributed by atoms with E-state index in [0.717, 1.165) is 12.8 Å². The lowest BCUT2D eigenvalue weighted by molar-refractivity contribution is -0.282. The second-order valence-electron chi connectivity index (χ2n) is 13.8. The summed E-state index contributed by atoms with van der Waals surface area (Å²) in [7, 11) is 0.